The van der Waals surface area contributed by atoms with E-state index < -0.39 is 11.4 Å². The average Bonchev–Trinajstić information content (AvgIpc) is 2.17. The van der Waals surface area contributed by atoms with E-state index in [4.69, 9.17) is 4.74 Å². The molecule has 0 aromatic heterocycles. The summed E-state index contributed by atoms with van der Waals surface area (Å²) < 4.78 is 21.1. The van der Waals surface area contributed by atoms with Crippen LogP contribution in [-0.4, -0.2) is 28.2 Å². The van der Waals surface area contributed by atoms with Crippen LogP contribution in [0.3, 0.4) is 0 Å². The lowest BCUT2D eigenvalue weighted by Crippen LogP contribution is -2.29. The van der Waals surface area contributed by atoms with Gasteiger partial charge in [-0.3, -0.25) is 0 Å². The van der Waals surface area contributed by atoms with Crippen LogP contribution in [0.2, 0.25) is 0 Å². The van der Waals surface area contributed by atoms with Gasteiger partial charge < -0.3 is 9.29 Å². The summed E-state index contributed by atoms with van der Waals surface area (Å²) >= 11 is -1.12. The molecule has 0 saturated carbocycles. The fourth-order valence-corrected chi connectivity index (χ4v) is 2.14. The summed E-state index contributed by atoms with van der Waals surface area (Å²) in [6, 6.07) is 0. The van der Waals surface area contributed by atoms with Crippen molar-refractivity contribution in [1.29, 1.82) is 0 Å². The minimum atomic E-state index is -1.12. The summed E-state index contributed by atoms with van der Waals surface area (Å²) in [7, 11) is 0. The molecule has 4 heteroatoms. The first-order valence-electron chi connectivity index (χ1n) is 5.46. The molecule has 15 heavy (non-hydrogen) atoms. The molecule has 1 unspecified atom stereocenters. The van der Waals surface area contributed by atoms with Crippen LogP contribution in [0, 0.1) is 5.92 Å². The number of nitrogens with zero attached hydrogens (tertiary/aromatic N) is 1. The zero-order valence-corrected chi connectivity index (χ0v) is 10.9. The monoisotopic (exact) mass is 231 g/mol. The van der Waals surface area contributed by atoms with E-state index in [1.807, 2.05) is 27.7 Å². The van der Waals surface area contributed by atoms with Crippen molar-refractivity contribution in [3.8, 4) is 0 Å². The first kappa shape index (κ1) is 13.0. The molecule has 1 heterocycles. The van der Waals surface area contributed by atoms with Crippen LogP contribution < -0.4 is 0 Å². The second-order valence-electron chi connectivity index (χ2n) is 4.98. The zero-order valence-electron chi connectivity index (χ0n) is 10.1. The van der Waals surface area contributed by atoms with E-state index in [9.17, 15) is 4.55 Å². The highest BCUT2D eigenvalue weighted by atomic mass is 32.2. The molecule has 0 aromatic carbocycles. The predicted molar refractivity (Wildman–Crippen MR) is 64.5 cm³/mol. The van der Waals surface area contributed by atoms with Crippen LogP contribution in [0.5, 0.6) is 0 Å². The second kappa shape index (κ2) is 5.32. The third-order valence-electron chi connectivity index (χ3n) is 2.56. The van der Waals surface area contributed by atoms with E-state index >= 15 is 0 Å². The van der Waals surface area contributed by atoms with Crippen LogP contribution in [-0.2, 0) is 16.1 Å². The average molecular weight is 231 g/mol. The summed E-state index contributed by atoms with van der Waals surface area (Å²) in [5, 5.41) is 0. The molecule has 1 fully saturated rings. The summed E-state index contributed by atoms with van der Waals surface area (Å²) in [6.45, 7) is 9.44. The van der Waals surface area contributed by atoms with Gasteiger partial charge >= 0.3 is 0 Å². The maximum Gasteiger partial charge on any atom is 0.144 e. The van der Waals surface area contributed by atoms with Gasteiger partial charge in [-0.1, -0.05) is 4.40 Å². The van der Waals surface area contributed by atoms with Gasteiger partial charge in [0.1, 0.15) is 16.1 Å². The number of ether oxygens (including phenoxy) is 1. The van der Waals surface area contributed by atoms with Crippen molar-refractivity contribution in [3.63, 3.8) is 0 Å². The van der Waals surface area contributed by atoms with E-state index in [-0.39, 0.29) is 4.75 Å². The number of hydrogen-bond acceptors (Lipinski definition) is 3. The molecular weight excluding hydrogens is 210 g/mol. The Morgan fingerprint density at radius 1 is 1.33 bits per heavy atom. The number of rotatable bonds is 2. The lowest BCUT2D eigenvalue weighted by Gasteiger charge is -2.23. The van der Waals surface area contributed by atoms with E-state index in [2.05, 4.69) is 4.40 Å². The Bertz CT molecular complexity index is 229. The van der Waals surface area contributed by atoms with Gasteiger partial charge in [0.15, 0.2) is 0 Å². The molecule has 3 nitrogen and oxygen atoms in total. The maximum absolute atomic E-state index is 11.8. The van der Waals surface area contributed by atoms with Crippen molar-refractivity contribution < 1.29 is 9.29 Å². The first-order valence-corrected chi connectivity index (χ1v) is 6.57. The van der Waals surface area contributed by atoms with Crippen molar-refractivity contribution in [2.24, 2.45) is 10.3 Å². The topological polar surface area (TPSA) is 44.7 Å². The normalized spacial score (nSPS) is 22.9. The Hall–Kier alpha value is -0.0600. The standard InChI is InChI=1S/C11H21NO2S/c1-9(10-5-7-14-8-6-10)12-15(13)11(2,3)4/h10H,5-8H2,1-4H3. The van der Waals surface area contributed by atoms with Crippen LogP contribution >= 0.6 is 0 Å². The molecule has 0 amide bonds. The van der Waals surface area contributed by atoms with Crippen molar-refractivity contribution >= 4 is 17.1 Å². The van der Waals surface area contributed by atoms with Gasteiger partial charge in [-0.25, -0.2) is 0 Å². The van der Waals surface area contributed by atoms with E-state index in [0.717, 1.165) is 31.8 Å². The van der Waals surface area contributed by atoms with Crippen LogP contribution in [0.1, 0.15) is 40.5 Å². The van der Waals surface area contributed by atoms with Crippen LogP contribution in [0.25, 0.3) is 0 Å². The van der Waals surface area contributed by atoms with Gasteiger partial charge in [0.25, 0.3) is 0 Å². The second-order valence-corrected chi connectivity index (χ2v) is 6.89. The van der Waals surface area contributed by atoms with E-state index in [0.29, 0.717) is 5.92 Å². The van der Waals surface area contributed by atoms with Gasteiger partial charge in [0.05, 0.1) is 5.71 Å². The largest absolute Gasteiger partial charge is 0.591 e. The Labute approximate surface area is 95.6 Å². The summed E-state index contributed by atoms with van der Waals surface area (Å²) in [4.78, 5) is 0. The lowest BCUT2D eigenvalue weighted by atomic mass is 9.96. The van der Waals surface area contributed by atoms with Gasteiger partial charge in [-0.05, 0) is 40.5 Å². The van der Waals surface area contributed by atoms with Crippen LogP contribution in [0.15, 0.2) is 4.40 Å². The quantitative estimate of drug-likeness (QED) is 0.541. The first-order chi connectivity index (χ1) is 6.91. The zero-order chi connectivity index (χ0) is 11.5. The van der Waals surface area contributed by atoms with Crippen molar-refractivity contribution in [2.45, 2.75) is 45.3 Å². The highest BCUT2D eigenvalue weighted by Gasteiger charge is 2.28. The van der Waals surface area contributed by atoms with Crippen LogP contribution in [0.4, 0.5) is 0 Å². The van der Waals surface area contributed by atoms with E-state index in [1.165, 1.54) is 0 Å². The molecule has 1 saturated heterocycles. The van der Waals surface area contributed by atoms with Gasteiger partial charge in [0, 0.05) is 19.1 Å². The molecule has 1 rings (SSSR count). The highest BCUT2D eigenvalue weighted by Crippen LogP contribution is 2.21. The third-order valence-corrected chi connectivity index (χ3v) is 4.06. The highest BCUT2D eigenvalue weighted by molar-refractivity contribution is 7.91. The SMILES string of the molecule is CC(=N[S+]([O-])C(C)(C)C)C1CCOCC1. The molecule has 0 N–H and O–H groups in total. The molecule has 0 radical (unpaired) electrons. The molecule has 88 valence electrons. The fraction of sp³-hybridized carbons (Fsp3) is 0.909. The third kappa shape index (κ3) is 4.13. The molecule has 1 atom stereocenters. The van der Waals surface area contributed by atoms with Gasteiger partial charge in [-0.15, -0.1) is 0 Å². The number of hydrogen-bond donors (Lipinski definition) is 0. The van der Waals surface area contributed by atoms with Crippen molar-refractivity contribution in [3.05, 3.63) is 0 Å². The fourth-order valence-electron chi connectivity index (χ4n) is 1.46. The maximum atomic E-state index is 11.8. The summed E-state index contributed by atoms with van der Waals surface area (Å²) in [5.74, 6) is 0.463. The molecular formula is C11H21NO2S. The predicted octanol–water partition coefficient (Wildman–Crippen LogP) is 2.34. The molecule has 0 aliphatic carbocycles. The molecule has 0 spiro atoms. The van der Waals surface area contributed by atoms with E-state index in [1.54, 1.807) is 0 Å². The Kier molecular flexibility index (Phi) is 4.62. The molecule has 0 bridgehead atoms. The molecule has 1 aliphatic heterocycles. The Morgan fingerprint density at radius 2 is 1.87 bits per heavy atom. The van der Waals surface area contributed by atoms with Crippen molar-refractivity contribution in [1.82, 2.24) is 0 Å². The minimum Gasteiger partial charge on any atom is -0.591 e. The van der Waals surface area contributed by atoms with Crippen molar-refractivity contribution in [2.75, 3.05) is 13.2 Å². The summed E-state index contributed by atoms with van der Waals surface area (Å²) in [6.07, 6.45) is 2.02. The molecule has 0 aromatic rings. The minimum absolute atomic E-state index is 0.258. The Balaban J connectivity index is 2.57. The summed E-state index contributed by atoms with van der Waals surface area (Å²) in [5.41, 5.74) is 1.02. The lowest BCUT2D eigenvalue weighted by molar-refractivity contribution is 0.0827. The van der Waals surface area contributed by atoms with Gasteiger partial charge in [-0.2, -0.15) is 0 Å². The Morgan fingerprint density at radius 3 is 2.33 bits per heavy atom. The smallest absolute Gasteiger partial charge is 0.144 e. The van der Waals surface area contributed by atoms with Gasteiger partial charge in [0.2, 0.25) is 0 Å². The molecule has 1 aliphatic rings.